The lowest BCUT2D eigenvalue weighted by Crippen LogP contribution is -1.87. The summed E-state index contributed by atoms with van der Waals surface area (Å²) in [6.07, 6.45) is 0. The number of hydrogen-bond acceptors (Lipinski definition) is 4. The number of methoxy groups -OCH3 is 1. The first kappa shape index (κ1) is 10.1. The van der Waals surface area contributed by atoms with Gasteiger partial charge in [-0.15, -0.1) is 11.3 Å². The molecule has 2 aromatic rings. The summed E-state index contributed by atoms with van der Waals surface area (Å²) in [5.74, 6) is 0. The molecule has 4 heteroatoms. The summed E-state index contributed by atoms with van der Waals surface area (Å²) in [6, 6.07) is 8.13. The Balaban J connectivity index is 2.23. The molecule has 78 valence electrons. The molecule has 0 saturated heterocycles. The maximum absolute atomic E-state index is 5.58. The van der Waals surface area contributed by atoms with Gasteiger partial charge in [0, 0.05) is 18.1 Å². The zero-order valence-electron chi connectivity index (χ0n) is 8.43. The normalized spacial score (nSPS) is 10.5. The lowest BCUT2D eigenvalue weighted by molar-refractivity contribution is 0.185. The van der Waals surface area contributed by atoms with E-state index >= 15 is 0 Å². The summed E-state index contributed by atoms with van der Waals surface area (Å²) in [5.41, 5.74) is 8.76. The maximum Gasteiger partial charge on any atom is 0.180 e. The molecule has 1 aromatic heterocycles. The molecule has 0 aliphatic rings. The van der Waals surface area contributed by atoms with Crippen LogP contribution in [0.2, 0.25) is 0 Å². The number of anilines is 1. The van der Waals surface area contributed by atoms with Crippen LogP contribution >= 0.6 is 11.3 Å². The van der Waals surface area contributed by atoms with Crippen LogP contribution in [-0.4, -0.2) is 12.1 Å². The first-order valence-electron chi connectivity index (χ1n) is 4.59. The van der Waals surface area contributed by atoms with Crippen molar-refractivity contribution in [2.45, 2.75) is 6.61 Å². The third-order valence-electron chi connectivity index (χ3n) is 2.08. The highest BCUT2D eigenvalue weighted by atomic mass is 32.1. The van der Waals surface area contributed by atoms with Crippen molar-refractivity contribution in [3.05, 3.63) is 35.2 Å². The molecule has 0 bridgehead atoms. The minimum absolute atomic E-state index is 0.603. The van der Waals surface area contributed by atoms with Gasteiger partial charge < -0.3 is 10.5 Å². The molecule has 0 saturated carbocycles. The van der Waals surface area contributed by atoms with Gasteiger partial charge in [-0.2, -0.15) is 0 Å². The molecule has 0 atom stereocenters. The van der Waals surface area contributed by atoms with Gasteiger partial charge in [0.15, 0.2) is 5.13 Å². The molecule has 0 fully saturated rings. The van der Waals surface area contributed by atoms with Crippen LogP contribution in [0, 0.1) is 0 Å². The van der Waals surface area contributed by atoms with Gasteiger partial charge in [0.25, 0.3) is 0 Å². The molecule has 0 radical (unpaired) electrons. The van der Waals surface area contributed by atoms with Gasteiger partial charge in [0.05, 0.1) is 12.3 Å². The monoisotopic (exact) mass is 220 g/mol. The summed E-state index contributed by atoms with van der Waals surface area (Å²) < 4.78 is 5.04. The highest BCUT2D eigenvalue weighted by Crippen LogP contribution is 2.23. The quantitative estimate of drug-likeness (QED) is 0.864. The Kier molecular flexibility index (Phi) is 2.99. The smallest absolute Gasteiger partial charge is 0.180 e. The molecule has 0 unspecified atom stereocenters. The van der Waals surface area contributed by atoms with Crippen molar-refractivity contribution in [1.29, 1.82) is 0 Å². The van der Waals surface area contributed by atoms with Crippen LogP contribution in [0.1, 0.15) is 5.56 Å². The Hall–Kier alpha value is -1.39. The van der Waals surface area contributed by atoms with Crippen molar-refractivity contribution in [3.8, 4) is 11.3 Å². The second-order valence-corrected chi connectivity index (χ2v) is 4.09. The van der Waals surface area contributed by atoms with Crippen molar-refractivity contribution in [2.24, 2.45) is 0 Å². The number of nitrogens with zero attached hydrogens (tertiary/aromatic N) is 1. The number of nitrogen functional groups attached to an aromatic ring is 1. The van der Waals surface area contributed by atoms with E-state index in [1.165, 1.54) is 11.3 Å². The van der Waals surface area contributed by atoms with E-state index in [1.807, 2.05) is 29.6 Å². The van der Waals surface area contributed by atoms with E-state index in [1.54, 1.807) is 7.11 Å². The van der Waals surface area contributed by atoms with Crippen molar-refractivity contribution in [2.75, 3.05) is 12.8 Å². The lowest BCUT2D eigenvalue weighted by Gasteiger charge is -2.00. The van der Waals surface area contributed by atoms with Gasteiger partial charge in [-0.3, -0.25) is 0 Å². The zero-order chi connectivity index (χ0) is 10.7. The third kappa shape index (κ3) is 2.34. The number of aromatic nitrogens is 1. The molecule has 0 aliphatic heterocycles. The highest BCUT2D eigenvalue weighted by molar-refractivity contribution is 7.13. The summed E-state index contributed by atoms with van der Waals surface area (Å²) in [7, 11) is 1.69. The Morgan fingerprint density at radius 2 is 2.07 bits per heavy atom. The van der Waals surface area contributed by atoms with Gasteiger partial charge in [-0.25, -0.2) is 4.98 Å². The molecule has 3 nitrogen and oxygen atoms in total. The predicted octanol–water partition coefficient (Wildman–Crippen LogP) is 2.54. The standard InChI is InChI=1S/C11H12N2OS/c1-14-6-8-2-4-9(5-3-8)10-7-15-11(12)13-10/h2-5,7H,6H2,1H3,(H2,12,13). The van der Waals surface area contributed by atoms with Crippen LogP contribution in [-0.2, 0) is 11.3 Å². The molecule has 0 amide bonds. The molecule has 1 heterocycles. The van der Waals surface area contributed by atoms with E-state index in [-0.39, 0.29) is 0 Å². The van der Waals surface area contributed by atoms with Crippen molar-refractivity contribution in [1.82, 2.24) is 4.98 Å². The third-order valence-corrected chi connectivity index (χ3v) is 2.76. The van der Waals surface area contributed by atoms with E-state index in [9.17, 15) is 0 Å². The fraction of sp³-hybridized carbons (Fsp3) is 0.182. The van der Waals surface area contributed by atoms with Crippen molar-refractivity contribution >= 4 is 16.5 Å². The van der Waals surface area contributed by atoms with E-state index in [4.69, 9.17) is 10.5 Å². The first-order chi connectivity index (χ1) is 7.29. The van der Waals surface area contributed by atoms with Gasteiger partial charge in [-0.1, -0.05) is 24.3 Å². The minimum atomic E-state index is 0.603. The second-order valence-electron chi connectivity index (χ2n) is 3.20. The molecule has 0 spiro atoms. The summed E-state index contributed by atoms with van der Waals surface area (Å²) in [4.78, 5) is 4.22. The molecule has 15 heavy (non-hydrogen) atoms. The number of benzene rings is 1. The van der Waals surface area contributed by atoms with Gasteiger partial charge in [-0.05, 0) is 5.56 Å². The number of hydrogen-bond donors (Lipinski definition) is 1. The van der Waals surface area contributed by atoms with Gasteiger partial charge in [0.2, 0.25) is 0 Å². The summed E-state index contributed by atoms with van der Waals surface area (Å²) >= 11 is 1.46. The molecular weight excluding hydrogens is 208 g/mol. The van der Waals surface area contributed by atoms with E-state index in [0.717, 1.165) is 16.8 Å². The van der Waals surface area contributed by atoms with Crippen LogP contribution in [0.5, 0.6) is 0 Å². The van der Waals surface area contributed by atoms with Crippen molar-refractivity contribution < 1.29 is 4.74 Å². The molecule has 2 rings (SSSR count). The fourth-order valence-corrected chi connectivity index (χ4v) is 1.93. The fourth-order valence-electron chi connectivity index (χ4n) is 1.36. The number of thiazole rings is 1. The average Bonchev–Trinajstić information content (AvgIpc) is 2.67. The SMILES string of the molecule is COCc1ccc(-c2csc(N)n2)cc1. The van der Waals surface area contributed by atoms with Gasteiger partial charge in [0.1, 0.15) is 0 Å². The van der Waals surface area contributed by atoms with Crippen LogP contribution in [0.15, 0.2) is 29.6 Å². The highest BCUT2D eigenvalue weighted by Gasteiger charge is 2.01. The Morgan fingerprint density at radius 3 is 2.60 bits per heavy atom. The molecule has 2 N–H and O–H groups in total. The van der Waals surface area contributed by atoms with Crippen LogP contribution < -0.4 is 5.73 Å². The zero-order valence-corrected chi connectivity index (χ0v) is 9.25. The second kappa shape index (κ2) is 4.42. The summed E-state index contributed by atoms with van der Waals surface area (Å²) in [6.45, 7) is 0.638. The van der Waals surface area contributed by atoms with Crippen LogP contribution in [0.4, 0.5) is 5.13 Å². The van der Waals surface area contributed by atoms with Crippen molar-refractivity contribution in [3.63, 3.8) is 0 Å². The lowest BCUT2D eigenvalue weighted by atomic mass is 10.1. The largest absolute Gasteiger partial charge is 0.380 e. The van der Waals surface area contributed by atoms with E-state index in [2.05, 4.69) is 4.98 Å². The van der Waals surface area contributed by atoms with Gasteiger partial charge >= 0.3 is 0 Å². The predicted molar refractivity (Wildman–Crippen MR) is 62.7 cm³/mol. The Labute approximate surface area is 92.5 Å². The molecular formula is C11H12N2OS. The van der Waals surface area contributed by atoms with E-state index in [0.29, 0.717) is 11.7 Å². The molecule has 1 aromatic carbocycles. The van der Waals surface area contributed by atoms with E-state index < -0.39 is 0 Å². The number of rotatable bonds is 3. The maximum atomic E-state index is 5.58. The molecule has 0 aliphatic carbocycles. The average molecular weight is 220 g/mol. The Morgan fingerprint density at radius 1 is 1.33 bits per heavy atom. The number of ether oxygens (including phenoxy) is 1. The van der Waals surface area contributed by atoms with Crippen LogP contribution in [0.3, 0.4) is 0 Å². The Bertz CT molecular complexity index is 436. The minimum Gasteiger partial charge on any atom is -0.380 e. The number of nitrogens with two attached hydrogens (primary N) is 1. The topological polar surface area (TPSA) is 48.1 Å². The van der Waals surface area contributed by atoms with Crippen LogP contribution in [0.25, 0.3) is 11.3 Å². The first-order valence-corrected chi connectivity index (χ1v) is 5.47. The summed E-state index contributed by atoms with van der Waals surface area (Å²) in [5, 5.41) is 2.56.